The molecule has 0 heterocycles. The fourth-order valence-corrected chi connectivity index (χ4v) is 6.13. The normalized spacial score (nSPS) is 12.0. The van der Waals surface area contributed by atoms with Crippen LogP contribution in [0.25, 0.3) is 0 Å². The number of benzene rings is 3. The van der Waals surface area contributed by atoms with Crippen molar-refractivity contribution in [1.29, 1.82) is 0 Å². The quantitative estimate of drug-likeness (QED) is 0.278. The maximum Gasteiger partial charge on any atom is 0.264 e. The van der Waals surface area contributed by atoms with Crippen molar-refractivity contribution >= 4 is 50.7 Å². The van der Waals surface area contributed by atoms with Crippen LogP contribution in [0.1, 0.15) is 37.0 Å². The number of nitrogens with one attached hydrogen (secondary N) is 1. The van der Waals surface area contributed by atoms with E-state index in [1.54, 1.807) is 62.4 Å². The van der Waals surface area contributed by atoms with Crippen LogP contribution in [0.3, 0.4) is 0 Å². The molecule has 8 nitrogen and oxygen atoms in total. The molecule has 0 aliphatic rings. The average Bonchev–Trinajstić information content (AvgIpc) is 2.93. The lowest BCUT2D eigenvalue weighted by atomic mass is 10.1. The van der Waals surface area contributed by atoms with Crippen LogP contribution >= 0.6 is 23.2 Å². The maximum absolute atomic E-state index is 14.1. The number of nitrogens with zero attached hydrogens (tertiary/aromatic N) is 2. The summed E-state index contributed by atoms with van der Waals surface area (Å²) in [5.41, 5.74) is 2.51. The number of hydrogen-bond donors (Lipinski definition) is 1. The molecule has 0 spiro atoms. The standard InChI is InChI=1S/C30H35Cl2N3O5S/c1-6-26(30(37)33-7-2)34(18-22-11-14-24(31)25(32)17-22)29(36)19-35(27-16-21(4)10-15-28(27)40-5)41(38,39)23-12-8-20(3)9-13-23/h8-17,26H,6-7,18-19H2,1-5H3,(H,33,37). The lowest BCUT2D eigenvalue weighted by molar-refractivity contribution is -0.140. The number of aryl methyl sites for hydroxylation is 2. The van der Waals surface area contributed by atoms with Crippen molar-refractivity contribution in [3.05, 3.63) is 87.4 Å². The summed E-state index contributed by atoms with van der Waals surface area (Å²) in [6, 6.07) is 15.6. The van der Waals surface area contributed by atoms with Crippen molar-refractivity contribution < 1.29 is 22.7 Å². The number of methoxy groups -OCH3 is 1. The number of carbonyl (C=O) groups excluding carboxylic acids is 2. The molecule has 3 rings (SSSR count). The summed E-state index contributed by atoms with van der Waals surface area (Å²) in [6.45, 7) is 7.06. The van der Waals surface area contributed by atoms with Crippen LogP contribution in [-0.2, 0) is 26.2 Å². The van der Waals surface area contributed by atoms with E-state index in [0.29, 0.717) is 28.6 Å². The van der Waals surface area contributed by atoms with Crippen LogP contribution in [-0.4, -0.2) is 51.4 Å². The summed E-state index contributed by atoms with van der Waals surface area (Å²) >= 11 is 12.3. The van der Waals surface area contributed by atoms with Gasteiger partial charge in [0.15, 0.2) is 0 Å². The summed E-state index contributed by atoms with van der Waals surface area (Å²) in [5, 5.41) is 3.43. The van der Waals surface area contributed by atoms with Gasteiger partial charge in [-0.3, -0.25) is 13.9 Å². The number of amides is 2. The Labute approximate surface area is 252 Å². The predicted octanol–water partition coefficient (Wildman–Crippen LogP) is 5.76. The number of sulfonamides is 1. The topological polar surface area (TPSA) is 96.0 Å². The lowest BCUT2D eigenvalue weighted by Gasteiger charge is -2.33. The predicted molar refractivity (Wildman–Crippen MR) is 163 cm³/mol. The van der Waals surface area contributed by atoms with Crippen LogP contribution in [0, 0.1) is 13.8 Å². The number of likely N-dealkylation sites (N-methyl/N-ethyl adjacent to an activating group) is 1. The van der Waals surface area contributed by atoms with Gasteiger partial charge in [0.1, 0.15) is 18.3 Å². The first kappa shape index (κ1) is 32.2. The van der Waals surface area contributed by atoms with E-state index >= 15 is 0 Å². The first-order chi connectivity index (χ1) is 19.4. The summed E-state index contributed by atoms with van der Waals surface area (Å²) < 4.78 is 34.7. The van der Waals surface area contributed by atoms with Crippen molar-refractivity contribution in [1.82, 2.24) is 10.2 Å². The van der Waals surface area contributed by atoms with Gasteiger partial charge in [-0.15, -0.1) is 0 Å². The highest BCUT2D eigenvalue weighted by atomic mass is 35.5. The van der Waals surface area contributed by atoms with Crippen LogP contribution in [0.5, 0.6) is 5.75 Å². The molecule has 0 bridgehead atoms. The van der Waals surface area contributed by atoms with E-state index in [0.717, 1.165) is 15.4 Å². The van der Waals surface area contributed by atoms with E-state index in [1.807, 2.05) is 13.8 Å². The van der Waals surface area contributed by atoms with E-state index in [-0.39, 0.29) is 28.8 Å². The molecule has 11 heteroatoms. The Kier molecular flexibility index (Phi) is 11.1. The SMILES string of the molecule is CCNC(=O)C(CC)N(Cc1ccc(Cl)c(Cl)c1)C(=O)CN(c1cc(C)ccc1OC)S(=O)(=O)c1ccc(C)cc1. The van der Waals surface area contributed by atoms with E-state index in [9.17, 15) is 18.0 Å². The molecule has 41 heavy (non-hydrogen) atoms. The molecule has 0 aliphatic heterocycles. The molecule has 220 valence electrons. The number of halogens is 2. The first-order valence-corrected chi connectivity index (χ1v) is 15.4. The number of carbonyl (C=O) groups is 2. The Morgan fingerprint density at radius 3 is 2.17 bits per heavy atom. The van der Waals surface area contributed by atoms with E-state index in [2.05, 4.69) is 5.32 Å². The molecule has 0 saturated heterocycles. The van der Waals surface area contributed by atoms with Crippen molar-refractivity contribution in [2.75, 3.05) is 24.5 Å². The first-order valence-electron chi connectivity index (χ1n) is 13.2. The van der Waals surface area contributed by atoms with Crippen molar-refractivity contribution in [3.63, 3.8) is 0 Å². The van der Waals surface area contributed by atoms with Gasteiger partial charge in [0.05, 0.1) is 27.7 Å². The molecule has 2 amide bonds. The Morgan fingerprint density at radius 2 is 1.59 bits per heavy atom. The van der Waals surface area contributed by atoms with Gasteiger partial charge in [-0.25, -0.2) is 8.42 Å². The number of rotatable bonds is 12. The third kappa shape index (κ3) is 7.72. The van der Waals surface area contributed by atoms with E-state index < -0.39 is 28.5 Å². The van der Waals surface area contributed by atoms with Gasteiger partial charge in [-0.2, -0.15) is 0 Å². The average molecular weight is 621 g/mol. The van der Waals surface area contributed by atoms with Gasteiger partial charge in [0.25, 0.3) is 10.0 Å². The molecule has 1 unspecified atom stereocenters. The van der Waals surface area contributed by atoms with Crippen LogP contribution in [0.2, 0.25) is 10.0 Å². The zero-order chi connectivity index (χ0) is 30.3. The molecule has 3 aromatic rings. The molecule has 1 atom stereocenters. The van der Waals surface area contributed by atoms with Gasteiger partial charge in [-0.1, -0.05) is 60.0 Å². The Bertz CT molecular complexity index is 1500. The van der Waals surface area contributed by atoms with Crippen LogP contribution in [0.15, 0.2) is 65.6 Å². The fraction of sp³-hybridized carbons (Fsp3) is 0.333. The maximum atomic E-state index is 14.1. The highest BCUT2D eigenvalue weighted by Gasteiger charge is 2.34. The molecule has 0 radical (unpaired) electrons. The van der Waals surface area contributed by atoms with Gasteiger partial charge in [-0.05, 0) is 74.7 Å². The number of hydrogen-bond acceptors (Lipinski definition) is 5. The Hall–Kier alpha value is -3.27. The minimum atomic E-state index is -4.23. The molecule has 0 fully saturated rings. The summed E-state index contributed by atoms with van der Waals surface area (Å²) in [5.74, 6) is -0.635. The fourth-order valence-electron chi connectivity index (χ4n) is 4.39. The van der Waals surface area contributed by atoms with E-state index in [4.69, 9.17) is 27.9 Å². The molecule has 0 saturated carbocycles. The molecule has 1 N–H and O–H groups in total. The Morgan fingerprint density at radius 1 is 0.927 bits per heavy atom. The Balaban J connectivity index is 2.14. The van der Waals surface area contributed by atoms with Crippen molar-refractivity contribution in [3.8, 4) is 5.75 Å². The minimum absolute atomic E-state index is 0.00867. The molecule has 0 aromatic heterocycles. The summed E-state index contributed by atoms with van der Waals surface area (Å²) in [6.07, 6.45) is 0.303. The molecule has 3 aromatic carbocycles. The number of ether oxygens (including phenoxy) is 1. The lowest BCUT2D eigenvalue weighted by Crippen LogP contribution is -2.52. The zero-order valence-corrected chi connectivity index (χ0v) is 26.1. The van der Waals surface area contributed by atoms with Crippen molar-refractivity contribution in [2.45, 2.75) is 51.6 Å². The summed E-state index contributed by atoms with van der Waals surface area (Å²) in [4.78, 5) is 28.6. The minimum Gasteiger partial charge on any atom is -0.495 e. The van der Waals surface area contributed by atoms with Gasteiger partial charge in [0, 0.05) is 13.1 Å². The monoisotopic (exact) mass is 619 g/mol. The highest BCUT2D eigenvalue weighted by molar-refractivity contribution is 7.92. The highest BCUT2D eigenvalue weighted by Crippen LogP contribution is 2.34. The van der Waals surface area contributed by atoms with Gasteiger partial charge < -0.3 is 15.0 Å². The van der Waals surface area contributed by atoms with E-state index in [1.165, 1.54) is 24.1 Å². The van der Waals surface area contributed by atoms with Gasteiger partial charge >= 0.3 is 0 Å². The van der Waals surface area contributed by atoms with Crippen molar-refractivity contribution in [2.24, 2.45) is 0 Å². The van der Waals surface area contributed by atoms with Gasteiger partial charge in [0.2, 0.25) is 11.8 Å². The summed E-state index contributed by atoms with van der Waals surface area (Å²) in [7, 11) is -2.79. The second kappa shape index (κ2) is 14.1. The molecular weight excluding hydrogens is 585 g/mol. The second-order valence-electron chi connectivity index (χ2n) is 9.59. The molecule has 0 aliphatic carbocycles. The van der Waals surface area contributed by atoms with Crippen LogP contribution in [0.4, 0.5) is 5.69 Å². The molecular formula is C30H35Cl2N3O5S. The van der Waals surface area contributed by atoms with Crippen LogP contribution < -0.4 is 14.4 Å². The zero-order valence-electron chi connectivity index (χ0n) is 23.8. The second-order valence-corrected chi connectivity index (χ2v) is 12.3. The largest absolute Gasteiger partial charge is 0.495 e. The third-order valence-corrected chi connectivity index (χ3v) is 9.08. The third-order valence-electron chi connectivity index (χ3n) is 6.56. The number of anilines is 1. The smallest absolute Gasteiger partial charge is 0.264 e.